The fourth-order valence-electron chi connectivity index (χ4n) is 2.68. The van der Waals surface area contributed by atoms with E-state index in [2.05, 4.69) is 4.72 Å². The molecule has 0 spiro atoms. The molecule has 2 aromatic carbocycles. The van der Waals surface area contributed by atoms with Crippen LogP contribution in [0.5, 0.6) is 0 Å². The van der Waals surface area contributed by atoms with Gasteiger partial charge in [0.15, 0.2) is 0 Å². The molecule has 2 amide bonds. The molecule has 1 heterocycles. The molecule has 1 aliphatic heterocycles. The van der Waals surface area contributed by atoms with Gasteiger partial charge in [-0.05, 0) is 23.8 Å². The van der Waals surface area contributed by atoms with E-state index in [1.807, 2.05) is 6.07 Å². The maximum atomic E-state index is 12.2. The highest BCUT2D eigenvalue weighted by atomic mass is 32.2. The van der Waals surface area contributed by atoms with Crippen LogP contribution in [0.1, 0.15) is 26.3 Å². The van der Waals surface area contributed by atoms with E-state index in [1.54, 1.807) is 48.5 Å². The minimum Gasteiger partial charge on any atom is -0.463 e. The van der Waals surface area contributed by atoms with E-state index in [9.17, 15) is 22.8 Å². The van der Waals surface area contributed by atoms with Gasteiger partial charge in [0.05, 0.1) is 17.7 Å². The molecule has 2 aromatic rings. The van der Waals surface area contributed by atoms with E-state index in [1.165, 1.54) is 6.08 Å². The Morgan fingerprint density at radius 1 is 0.966 bits per heavy atom. The minimum atomic E-state index is -3.82. The van der Waals surface area contributed by atoms with Gasteiger partial charge in [-0.15, -0.1) is 0 Å². The van der Waals surface area contributed by atoms with Crippen LogP contribution < -0.4 is 4.72 Å². The van der Waals surface area contributed by atoms with Crippen molar-refractivity contribution in [3.05, 3.63) is 76.7 Å². The molecule has 0 aromatic heterocycles. The van der Waals surface area contributed by atoms with Gasteiger partial charge in [0, 0.05) is 5.41 Å². The summed E-state index contributed by atoms with van der Waals surface area (Å²) in [6.07, 6.45) is 1.40. The van der Waals surface area contributed by atoms with Gasteiger partial charge in [0.2, 0.25) is 10.0 Å². The minimum absolute atomic E-state index is 0.112. The molecule has 0 bridgehead atoms. The number of esters is 1. The average Bonchev–Trinajstić information content (AvgIpc) is 2.97. The Balaban J connectivity index is 1.44. The molecular formula is C20H18N2O6S. The van der Waals surface area contributed by atoms with Crippen LogP contribution in [-0.4, -0.2) is 50.8 Å². The van der Waals surface area contributed by atoms with Crippen LogP contribution >= 0.6 is 0 Å². The summed E-state index contributed by atoms with van der Waals surface area (Å²) < 4.78 is 30.8. The summed E-state index contributed by atoms with van der Waals surface area (Å²) in [6, 6.07) is 15.2. The zero-order valence-electron chi connectivity index (χ0n) is 15.3. The van der Waals surface area contributed by atoms with E-state index in [0.717, 1.165) is 10.3 Å². The standard InChI is InChI=1S/C20H18N2O6S/c23-18(14-21-29(26,27)13-10-15-6-2-1-3-7-15)28-12-11-22-19(24)16-8-4-5-9-17(16)20(22)25/h1-10,13,21H,11-12,14H2. The molecule has 1 aliphatic rings. The summed E-state index contributed by atoms with van der Waals surface area (Å²) in [5, 5.41) is 0.953. The van der Waals surface area contributed by atoms with Crippen LogP contribution in [0.4, 0.5) is 0 Å². The first-order chi connectivity index (χ1) is 13.9. The Hall–Kier alpha value is -3.30. The van der Waals surface area contributed by atoms with Crippen LogP contribution in [-0.2, 0) is 19.6 Å². The Labute approximate surface area is 167 Å². The number of nitrogens with zero attached hydrogens (tertiary/aromatic N) is 1. The lowest BCUT2D eigenvalue weighted by molar-refractivity contribution is -0.142. The zero-order chi connectivity index (χ0) is 20.9. The van der Waals surface area contributed by atoms with E-state index in [4.69, 9.17) is 4.74 Å². The van der Waals surface area contributed by atoms with Crippen LogP contribution in [0.25, 0.3) is 6.08 Å². The number of carbonyl (C=O) groups is 3. The number of amides is 2. The Bertz CT molecular complexity index is 1030. The second kappa shape index (κ2) is 8.80. The van der Waals surface area contributed by atoms with Gasteiger partial charge >= 0.3 is 5.97 Å². The monoisotopic (exact) mass is 414 g/mol. The Morgan fingerprint density at radius 2 is 1.55 bits per heavy atom. The van der Waals surface area contributed by atoms with Gasteiger partial charge in [0.25, 0.3) is 11.8 Å². The van der Waals surface area contributed by atoms with Crippen molar-refractivity contribution in [2.45, 2.75) is 0 Å². The lowest BCUT2D eigenvalue weighted by atomic mass is 10.1. The molecule has 8 nitrogen and oxygen atoms in total. The largest absolute Gasteiger partial charge is 0.463 e. The van der Waals surface area contributed by atoms with Gasteiger partial charge in [0.1, 0.15) is 13.2 Å². The summed E-state index contributed by atoms with van der Waals surface area (Å²) in [7, 11) is -3.82. The van der Waals surface area contributed by atoms with Crippen molar-refractivity contribution in [1.82, 2.24) is 9.62 Å². The molecule has 3 rings (SSSR count). The highest BCUT2D eigenvalue weighted by Gasteiger charge is 2.34. The van der Waals surface area contributed by atoms with Gasteiger partial charge in [-0.2, -0.15) is 0 Å². The van der Waals surface area contributed by atoms with Crippen LogP contribution in [0.3, 0.4) is 0 Å². The van der Waals surface area contributed by atoms with Crippen LogP contribution in [0.2, 0.25) is 0 Å². The molecule has 0 saturated carbocycles. The van der Waals surface area contributed by atoms with Gasteiger partial charge < -0.3 is 4.74 Å². The smallest absolute Gasteiger partial charge is 0.321 e. The first kappa shape index (κ1) is 20.4. The van der Waals surface area contributed by atoms with E-state index >= 15 is 0 Å². The number of benzene rings is 2. The van der Waals surface area contributed by atoms with E-state index in [0.29, 0.717) is 16.7 Å². The van der Waals surface area contributed by atoms with Crippen molar-refractivity contribution in [3.63, 3.8) is 0 Å². The molecule has 0 radical (unpaired) electrons. The maximum Gasteiger partial charge on any atom is 0.321 e. The van der Waals surface area contributed by atoms with Crippen LogP contribution in [0, 0.1) is 0 Å². The maximum absolute atomic E-state index is 12.2. The third-order valence-electron chi connectivity index (χ3n) is 4.11. The SMILES string of the molecule is O=C(CNS(=O)(=O)C=Cc1ccccc1)OCCN1C(=O)c2ccccc2C1=O. The number of nitrogens with one attached hydrogen (secondary N) is 1. The molecule has 150 valence electrons. The topological polar surface area (TPSA) is 110 Å². The highest BCUT2D eigenvalue weighted by molar-refractivity contribution is 7.92. The summed E-state index contributed by atoms with van der Waals surface area (Å²) in [4.78, 5) is 37.1. The van der Waals surface area contributed by atoms with Crippen molar-refractivity contribution in [2.75, 3.05) is 19.7 Å². The molecule has 0 unspecified atom stereocenters. The average molecular weight is 414 g/mol. The van der Waals surface area contributed by atoms with Gasteiger partial charge in [-0.1, -0.05) is 42.5 Å². The van der Waals surface area contributed by atoms with E-state index in [-0.39, 0.29) is 13.2 Å². The molecule has 1 N–H and O–H groups in total. The third kappa shape index (κ3) is 5.15. The molecule has 29 heavy (non-hydrogen) atoms. The Morgan fingerprint density at radius 3 is 2.17 bits per heavy atom. The predicted molar refractivity (Wildman–Crippen MR) is 105 cm³/mol. The highest BCUT2D eigenvalue weighted by Crippen LogP contribution is 2.21. The zero-order valence-corrected chi connectivity index (χ0v) is 16.1. The molecule has 0 aliphatic carbocycles. The lowest BCUT2D eigenvalue weighted by Gasteiger charge is -2.13. The molecule has 0 fully saturated rings. The van der Waals surface area contributed by atoms with Crippen molar-refractivity contribution < 1.29 is 27.5 Å². The molecular weight excluding hydrogens is 396 g/mol. The molecule has 0 atom stereocenters. The van der Waals surface area contributed by atoms with Crippen molar-refractivity contribution >= 4 is 33.9 Å². The van der Waals surface area contributed by atoms with Gasteiger partial charge in [-0.25, -0.2) is 13.1 Å². The number of fused-ring (bicyclic) bond motifs is 1. The second-order valence-corrected chi connectivity index (χ2v) is 7.76. The predicted octanol–water partition coefficient (Wildman–Crippen LogP) is 1.42. The fourth-order valence-corrected chi connectivity index (χ4v) is 3.44. The molecule has 9 heteroatoms. The van der Waals surface area contributed by atoms with E-state index < -0.39 is 34.4 Å². The molecule has 0 saturated heterocycles. The summed E-state index contributed by atoms with van der Waals surface area (Å²) in [6.45, 7) is -0.909. The fraction of sp³-hybridized carbons (Fsp3) is 0.150. The normalized spacial score (nSPS) is 13.7. The van der Waals surface area contributed by atoms with Crippen molar-refractivity contribution in [1.29, 1.82) is 0 Å². The number of carbonyl (C=O) groups excluding carboxylic acids is 3. The summed E-state index contributed by atoms with van der Waals surface area (Å²) in [5.41, 5.74) is 1.31. The van der Waals surface area contributed by atoms with Gasteiger partial charge in [-0.3, -0.25) is 19.3 Å². The quantitative estimate of drug-likeness (QED) is 0.517. The lowest BCUT2D eigenvalue weighted by Crippen LogP contribution is -2.35. The van der Waals surface area contributed by atoms with Crippen molar-refractivity contribution in [2.24, 2.45) is 0 Å². The number of ether oxygens (including phenoxy) is 1. The summed E-state index contributed by atoms with van der Waals surface area (Å²) >= 11 is 0. The third-order valence-corrected chi connectivity index (χ3v) is 5.15. The number of imide groups is 1. The van der Waals surface area contributed by atoms with Crippen LogP contribution in [0.15, 0.2) is 60.0 Å². The number of rotatable bonds is 8. The Kier molecular flexibility index (Phi) is 6.20. The number of hydrogen-bond acceptors (Lipinski definition) is 6. The number of hydrogen-bond donors (Lipinski definition) is 1. The second-order valence-electron chi connectivity index (χ2n) is 6.11. The number of sulfonamides is 1. The van der Waals surface area contributed by atoms with Crippen molar-refractivity contribution in [3.8, 4) is 0 Å². The summed E-state index contributed by atoms with van der Waals surface area (Å²) in [5.74, 6) is -1.72. The first-order valence-electron chi connectivity index (χ1n) is 8.71. The first-order valence-corrected chi connectivity index (χ1v) is 10.3.